The first-order valence-corrected chi connectivity index (χ1v) is 9.83. The minimum atomic E-state index is 0.195. The van der Waals surface area contributed by atoms with E-state index in [2.05, 4.69) is 4.90 Å². The zero-order valence-electron chi connectivity index (χ0n) is 16.0. The second kappa shape index (κ2) is 9.12. The number of rotatable bonds is 6. The van der Waals surface area contributed by atoms with Crippen molar-refractivity contribution in [1.29, 1.82) is 0 Å². The average molecular weight is 358 g/mol. The van der Waals surface area contributed by atoms with Crippen LogP contribution < -0.4 is 4.90 Å². The third-order valence-corrected chi connectivity index (χ3v) is 5.09. The molecule has 0 saturated carbocycles. The molecule has 3 heterocycles. The number of allylic oxidation sites excluding steroid dienone is 1. The number of anilines is 1. The largest absolute Gasteiger partial charge is 0.374 e. The van der Waals surface area contributed by atoms with Crippen molar-refractivity contribution in [3.05, 3.63) is 29.2 Å². The minimum Gasteiger partial charge on any atom is -0.374 e. The van der Waals surface area contributed by atoms with Crippen molar-refractivity contribution in [2.45, 2.75) is 52.6 Å². The molecule has 0 bridgehead atoms. The molecule has 1 saturated heterocycles. The number of aromatic nitrogens is 2. The first-order chi connectivity index (χ1) is 12.7. The fraction of sp³-hybridized carbons (Fsp3) is 0.650. The fourth-order valence-corrected chi connectivity index (χ4v) is 3.67. The summed E-state index contributed by atoms with van der Waals surface area (Å²) < 4.78 is 5.55. The van der Waals surface area contributed by atoms with Gasteiger partial charge in [0.15, 0.2) is 5.82 Å². The highest BCUT2D eigenvalue weighted by atomic mass is 16.5. The summed E-state index contributed by atoms with van der Waals surface area (Å²) in [6.45, 7) is 8.64. The van der Waals surface area contributed by atoms with Gasteiger partial charge in [0.2, 0.25) is 5.91 Å². The first kappa shape index (κ1) is 18.8. The lowest BCUT2D eigenvalue weighted by molar-refractivity contribution is -0.130. The molecule has 1 aromatic rings. The summed E-state index contributed by atoms with van der Waals surface area (Å²) in [5, 5.41) is 0. The molecule has 0 atom stereocenters. The molecule has 0 unspecified atom stereocenters. The van der Waals surface area contributed by atoms with E-state index in [1.807, 2.05) is 30.9 Å². The lowest BCUT2D eigenvalue weighted by Crippen LogP contribution is -2.32. The second-order valence-electron chi connectivity index (χ2n) is 6.87. The minimum absolute atomic E-state index is 0.195. The summed E-state index contributed by atoms with van der Waals surface area (Å²) in [6, 6.07) is 0. The molecule has 1 aromatic heterocycles. The molecular formula is C20H30N4O2. The Morgan fingerprint density at radius 3 is 2.65 bits per heavy atom. The smallest absolute Gasteiger partial charge is 0.226 e. The van der Waals surface area contributed by atoms with Crippen molar-refractivity contribution < 1.29 is 9.53 Å². The summed E-state index contributed by atoms with van der Waals surface area (Å²) in [5.74, 6) is 2.03. The van der Waals surface area contributed by atoms with Crippen molar-refractivity contribution in [2.24, 2.45) is 0 Å². The van der Waals surface area contributed by atoms with Gasteiger partial charge >= 0.3 is 0 Å². The third kappa shape index (κ3) is 4.41. The quantitative estimate of drug-likeness (QED) is 0.731. The molecule has 3 rings (SSSR count). The van der Waals surface area contributed by atoms with E-state index in [9.17, 15) is 4.79 Å². The van der Waals surface area contributed by atoms with E-state index >= 15 is 0 Å². The molecule has 6 heteroatoms. The lowest BCUT2D eigenvalue weighted by atomic mass is 10.1. The van der Waals surface area contributed by atoms with E-state index in [4.69, 9.17) is 14.7 Å². The van der Waals surface area contributed by atoms with Crippen LogP contribution in [-0.4, -0.2) is 53.6 Å². The van der Waals surface area contributed by atoms with Crippen molar-refractivity contribution >= 4 is 11.7 Å². The Labute approximate surface area is 156 Å². The molecule has 2 aliphatic heterocycles. The Morgan fingerprint density at radius 2 is 1.92 bits per heavy atom. The van der Waals surface area contributed by atoms with Crippen molar-refractivity contribution in [2.75, 3.05) is 37.7 Å². The Bertz CT molecular complexity index is 653. The Kier molecular flexibility index (Phi) is 6.61. The van der Waals surface area contributed by atoms with Gasteiger partial charge in [0, 0.05) is 51.2 Å². The summed E-state index contributed by atoms with van der Waals surface area (Å²) >= 11 is 0. The first-order valence-electron chi connectivity index (χ1n) is 9.83. The SMILES string of the molecule is C/C=C/CC(=O)N1CCc2nc(COCC)nc(N3CCCC3)c2CC1. The molecule has 6 nitrogen and oxygen atoms in total. The monoisotopic (exact) mass is 358 g/mol. The zero-order valence-corrected chi connectivity index (χ0v) is 16.0. The van der Waals surface area contributed by atoms with Crippen LogP contribution in [0.25, 0.3) is 0 Å². The van der Waals surface area contributed by atoms with Gasteiger partial charge in [-0.1, -0.05) is 12.2 Å². The number of nitrogens with zero attached hydrogens (tertiary/aromatic N) is 4. The van der Waals surface area contributed by atoms with Gasteiger partial charge < -0.3 is 14.5 Å². The maximum atomic E-state index is 12.4. The van der Waals surface area contributed by atoms with E-state index < -0.39 is 0 Å². The normalized spacial score (nSPS) is 17.6. The van der Waals surface area contributed by atoms with Gasteiger partial charge in [0.1, 0.15) is 12.4 Å². The number of fused-ring (bicyclic) bond motifs is 1. The van der Waals surface area contributed by atoms with Crippen LogP contribution in [0.1, 0.15) is 50.2 Å². The van der Waals surface area contributed by atoms with Gasteiger partial charge in [0.25, 0.3) is 0 Å². The molecule has 0 N–H and O–H groups in total. The van der Waals surface area contributed by atoms with Gasteiger partial charge in [-0.05, 0) is 33.1 Å². The third-order valence-electron chi connectivity index (χ3n) is 5.09. The fourth-order valence-electron chi connectivity index (χ4n) is 3.67. The van der Waals surface area contributed by atoms with Gasteiger partial charge in [-0.15, -0.1) is 0 Å². The molecule has 0 spiro atoms. The summed E-state index contributed by atoms with van der Waals surface area (Å²) in [7, 11) is 0. The summed E-state index contributed by atoms with van der Waals surface area (Å²) in [5.41, 5.74) is 2.33. The van der Waals surface area contributed by atoms with E-state index in [0.29, 0.717) is 19.6 Å². The zero-order chi connectivity index (χ0) is 18.4. The molecule has 0 aromatic carbocycles. The molecule has 1 fully saturated rings. The number of amides is 1. The average Bonchev–Trinajstić information content (AvgIpc) is 3.10. The van der Waals surface area contributed by atoms with Crippen molar-refractivity contribution in [1.82, 2.24) is 14.9 Å². The van der Waals surface area contributed by atoms with Gasteiger partial charge in [0.05, 0.1) is 5.69 Å². The van der Waals surface area contributed by atoms with Crippen molar-refractivity contribution in [3.8, 4) is 0 Å². The van der Waals surface area contributed by atoms with Crippen LogP contribution in [0, 0.1) is 0 Å². The van der Waals surface area contributed by atoms with E-state index in [1.165, 1.54) is 18.4 Å². The molecule has 142 valence electrons. The Hall–Kier alpha value is -1.95. The van der Waals surface area contributed by atoms with Crippen LogP contribution in [0.3, 0.4) is 0 Å². The highest BCUT2D eigenvalue weighted by Gasteiger charge is 2.25. The van der Waals surface area contributed by atoms with Crippen LogP contribution >= 0.6 is 0 Å². The van der Waals surface area contributed by atoms with Crippen LogP contribution in [0.4, 0.5) is 5.82 Å². The van der Waals surface area contributed by atoms with Crippen molar-refractivity contribution in [3.63, 3.8) is 0 Å². The topological polar surface area (TPSA) is 58.6 Å². The van der Waals surface area contributed by atoms with E-state index in [-0.39, 0.29) is 5.91 Å². The number of ether oxygens (including phenoxy) is 1. The van der Waals surface area contributed by atoms with Gasteiger partial charge in [-0.2, -0.15) is 0 Å². The maximum absolute atomic E-state index is 12.4. The molecule has 2 aliphatic rings. The highest BCUT2D eigenvalue weighted by molar-refractivity contribution is 5.77. The van der Waals surface area contributed by atoms with E-state index in [0.717, 1.165) is 56.4 Å². The van der Waals surface area contributed by atoms with Gasteiger partial charge in [-0.25, -0.2) is 9.97 Å². The second-order valence-corrected chi connectivity index (χ2v) is 6.87. The van der Waals surface area contributed by atoms with Gasteiger partial charge in [-0.3, -0.25) is 4.79 Å². The van der Waals surface area contributed by atoms with Crippen LogP contribution in [0.15, 0.2) is 12.2 Å². The summed E-state index contributed by atoms with van der Waals surface area (Å²) in [6.07, 6.45) is 8.39. The highest BCUT2D eigenvalue weighted by Crippen LogP contribution is 2.27. The molecule has 26 heavy (non-hydrogen) atoms. The number of carbonyl (C=O) groups excluding carboxylic acids is 1. The number of hydrogen-bond donors (Lipinski definition) is 0. The molecule has 0 radical (unpaired) electrons. The predicted molar refractivity (Wildman–Crippen MR) is 102 cm³/mol. The maximum Gasteiger partial charge on any atom is 0.226 e. The number of carbonyl (C=O) groups is 1. The van der Waals surface area contributed by atoms with Crippen LogP contribution in [0.5, 0.6) is 0 Å². The Morgan fingerprint density at radius 1 is 1.15 bits per heavy atom. The van der Waals surface area contributed by atoms with E-state index in [1.54, 1.807) is 0 Å². The molecule has 1 amide bonds. The summed E-state index contributed by atoms with van der Waals surface area (Å²) in [4.78, 5) is 26.4. The standard InChI is InChI=1S/C20H30N4O2/c1-3-5-8-19(25)23-13-9-16-17(10-14-23)21-18(15-26-4-2)22-20(16)24-11-6-7-12-24/h3,5H,4,6-15H2,1-2H3/b5-3+. The Balaban J connectivity index is 1.83. The predicted octanol–water partition coefficient (Wildman–Crippen LogP) is 2.51. The van der Waals surface area contributed by atoms with Crippen LogP contribution in [0.2, 0.25) is 0 Å². The lowest BCUT2D eigenvalue weighted by Gasteiger charge is -2.22. The molecular weight excluding hydrogens is 328 g/mol. The molecule has 0 aliphatic carbocycles. The number of hydrogen-bond acceptors (Lipinski definition) is 5. The van der Waals surface area contributed by atoms with Crippen LogP contribution in [-0.2, 0) is 29.0 Å².